The average Bonchev–Trinajstić information content (AvgIpc) is 3.19. The highest BCUT2D eigenvalue weighted by Crippen LogP contribution is 2.21. The van der Waals surface area contributed by atoms with Crippen molar-refractivity contribution in [2.24, 2.45) is 7.05 Å². The smallest absolute Gasteiger partial charge is 0.256 e. The van der Waals surface area contributed by atoms with Crippen molar-refractivity contribution in [1.82, 2.24) is 20.2 Å². The van der Waals surface area contributed by atoms with Crippen molar-refractivity contribution in [2.45, 2.75) is 6.61 Å². The summed E-state index contributed by atoms with van der Waals surface area (Å²) in [6.45, 7) is 0.304. The van der Waals surface area contributed by atoms with E-state index in [2.05, 4.69) is 20.8 Å². The number of benzene rings is 3. The first-order valence-corrected chi connectivity index (χ1v) is 9.10. The normalized spacial score (nSPS) is 10.5. The van der Waals surface area contributed by atoms with Crippen LogP contribution in [0.3, 0.4) is 0 Å². The minimum absolute atomic E-state index is 0.203. The molecule has 1 heterocycles. The summed E-state index contributed by atoms with van der Waals surface area (Å²) >= 11 is 0. The van der Waals surface area contributed by atoms with Gasteiger partial charge in [-0.3, -0.25) is 4.79 Å². The molecule has 0 bridgehead atoms. The number of rotatable bonds is 6. The third kappa shape index (κ3) is 4.30. The molecule has 4 rings (SSSR count). The molecule has 0 unspecified atom stereocenters. The molecule has 4 aromatic rings. The number of aromatic nitrogens is 4. The molecule has 7 nitrogen and oxygen atoms in total. The van der Waals surface area contributed by atoms with Gasteiger partial charge in [0.05, 0.1) is 0 Å². The third-order valence-electron chi connectivity index (χ3n) is 4.40. The summed E-state index contributed by atoms with van der Waals surface area (Å²) in [6.07, 6.45) is 0. The first-order chi connectivity index (χ1) is 14.2. The number of tetrazole rings is 1. The van der Waals surface area contributed by atoms with Gasteiger partial charge in [0.2, 0.25) is 0 Å². The van der Waals surface area contributed by atoms with Gasteiger partial charge in [-0.15, -0.1) is 5.10 Å². The van der Waals surface area contributed by atoms with Gasteiger partial charge >= 0.3 is 0 Å². The van der Waals surface area contributed by atoms with E-state index in [9.17, 15) is 4.79 Å². The van der Waals surface area contributed by atoms with E-state index >= 15 is 0 Å². The number of ether oxygens (including phenoxy) is 1. The molecular weight excluding hydrogens is 366 g/mol. The standard InChI is InChI=1S/C22H19N5O2/c1-27-21(24-25-26-27)16-9-7-10-18(14-16)23-22(28)20-13-6-5-8-17(20)15-29-19-11-3-2-4-12-19/h2-14H,15H2,1H3,(H,23,28). The fraction of sp³-hybridized carbons (Fsp3) is 0.0909. The lowest BCUT2D eigenvalue weighted by molar-refractivity contribution is 0.102. The Kier molecular flexibility index (Phi) is 5.29. The molecule has 0 saturated heterocycles. The summed E-state index contributed by atoms with van der Waals surface area (Å²) < 4.78 is 7.39. The van der Waals surface area contributed by atoms with Crippen LogP contribution in [0.1, 0.15) is 15.9 Å². The highest BCUT2D eigenvalue weighted by atomic mass is 16.5. The molecule has 0 spiro atoms. The third-order valence-corrected chi connectivity index (χ3v) is 4.40. The number of para-hydroxylation sites is 1. The van der Waals surface area contributed by atoms with Crippen molar-refractivity contribution in [3.05, 3.63) is 90.0 Å². The van der Waals surface area contributed by atoms with Crippen LogP contribution in [0.5, 0.6) is 5.75 Å². The van der Waals surface area contributed by atoms with E-state index in [0.29, 0.717) is 23.7 Å². The first kappa shape index (κ1) is 18.4. The van der Waals surface area contributed by atoms with Crippen LogP contribution < -0.4 is 10.1 Å². The molecule has 0 aliphatic heterocycles. The van der Waals surface area contributed by atoms with Crippen LogP contribution in [0.2, 0.25) is 0 Å². The van der Waals surface area contributed by atoms with Crippen molar-refractivity contribution in [2.75, 3.05) is 5.32 Å². The predicted molar refractivity (Wildman–Crippen MR) is 109 cm³/mol. The number of hydrogen-bond donors (Lipinski definition) is 1. The molecule has 3 aromatic carbocycles. The monoisotopic (exact) mass is 385 g/mol. The van der Waals surface area contributed by atoms with Crippen LogP contribution in [-0.2, 0) is 13.7 Å². The van der Waals surface area contributed by atoms with Crippen LogP contribution in [0.4, 0.5) is 5.69 Å². The van der Waals surface area contributed by atoms with Gasteiger partial charge in [-0.2, -0.15) is 0 Å². The Balaban J connectivity index is 1.51. The van der Waals surface area contributed by atoms with Gasteiger partial charge in [0.1, 0.15) is 12.4 Å². The van der Waals surface area contributed by atoms with Crippen molar-refractivity contribution < 1.29 is 9.53 Å². The lowest BCUT2D eigenvalue weighted by Crippen LogP contribution is -2.15. The van der Waals surface area contributed by atoms with E-state index in [4.69, 9.17) is 4.74 Å². The minimum atomic E-state index is -0.203. The van der Waals surface area contributed by atoms with Crippen molar-refractivity contribution in [3.8, 4) is 17.1 Å². The number of anilines is 1. The molecule has 144 valence electrons. The number of amides is 1. The summed E-state index contributed by atoms with van der Waals surface area (Å²) in [7, 11) is 1.77. The lowest BCUT2D eigenvalue weighted by Gasteiger charge is -2.12. The predicted octanol–water partition coefficient (Wildman–Crippen LogP) is 3.71. The van der Waals surface area contributed by atoms with Crippen LogP contribution in [0, 0.1) is 0 Å². The highest BCUT2D eigenvalue weighted by molar-refractivity contribution is 6.05. The molecule has 0 aliphatic carbocycles. The van der Waals surface area contributed by atoms with Gasteiger partial charge in [-0.1, -0.05) is 48.5 Å². The van der Waals surface area contributed by atoms with Crippen LogP contribution in [0.15, 0.2) is 78.9 Å². The summed E-state index contributed by atoms with van der Waals surface area (Å²) in [6, 6.07) is 24.3. The topological polar surface area (TPSA) is 81.9 Å². The number of nitrogens with zero attached hydrogens (tertiary/aromatic N) is 4. The van der Waals surface area contributed by atoms with Gasteiger partial charge in [0.15, 0.2) is 5.82 Å². The molecule has 0 radical (unpaired) electrons. The number of nitrogens with one attached hydrogen (secondary N) is 1. The lowest BCUT2D eigenvalue weighted by atomic mass is 10.1. The number of carbonyl (C=O) groups is 1. The zero-order chi connectivity index (χ0) is 20.1. The Hall–Kier alpha value is -4.00. The van der Waals surface area contributed by atoms with Gasteiger partial charge in [-0.05, 0) is 40.8 Å². The molecule has 7 heteroatoms. The van der Waals surface area contributed by atoms with Gasteiger partial charge in [-0.25, -0.2) is 4.68 Å². The molecular formula is C22H19N5O2. The Morgan fingerprint density at radius 2 is 1.79 bits per heavy atom. The number of aryl methyl sites for hydroxylation is 1. The molecule has 0 fully saturated rings. The fourth-order valence-corrected chi connectivity index (χ4v) is 2.95. The maximum Gasteiger partial charge on any atom is 0.256 e. The maximum absolute atomic E-state index is 12.9. The van der Waals surface area contributed by atoms with Crippen molar-refractivity contribution in [1.29, 1.82) is 0 Å². The van der Waals surface area contributed by atoms with Crippen LogP contribution in [-0.4, -0.2) is 26.1 Å². The van der Waals surface area contributed by atoms with Gasteiger partial charge < -0.3 is 10.1 Å². The highest BCUT2D eigenvalue weighted by Gasteiger charge is 2.13. The van der Waals surface area contributed by atoms with E-state index in [1.807, 2.05) is 72.8 Å². The second-order valence-electron chi connectivity index (χ2n) is 6.42. The van der Waals surface area contributed by atoms with Crippen molar-refractivity contribution >= 4 is 11.6 Å². The molecule has 0 aliphatic rings. The quantitative estimate of drug-likeness (QED) is 0.547. The van der Waals surface area contributed by atoms with E-state index in [-0.39, 0.29) is 5.91 Å². The fourth-order valence-electron chi connectivity index (χ4n) is 2.95. The summed E-state index contributed by atoms with van der Waals surface area (Å²) in [5.41, 5.74) is 2.85. The Labute approximate surface area is 168 Å². The number of carbonyl (C=O) groups excluding carboxylic acids is 1. The molecule has 1 aromatic heterocycles. The zero-order valence-electron chi connectivity index (χ0n) is 15.8. The molecule has 0 saturated carbocycles. The minimum Gasteiger partial charge on any atom is -0.489 e. The van der Waals surface area contributed by atoms with E-state index in [1.54, 1.807) is 17.8 Å². The largest absolute Gasteiger partial charge is 0.489 e. The second kappa shape index (κ2) is 8.35. The van der Waals surface area contributed by atoms with Crippen LogP contribution in [0.25, 0.3) is 11.4 Å². The summed E-state index contributed by atoms with van der Waals surface area (Å²) in [5, 5.41) is 14.4. The summed E-state index contributed by atoms with van der Waals surface area (Å²) in [5.74, 6) is 1.18. The SMILES string of the molecule is Cn1nnnc1-c1cccc(NC(=O)c2ccccc2COc2ccccc2)c1. The Morgan fingerprint density at radius 3 is 2.59 bits per heavy atom. The van der Waals surface area contributed by atoms with Crippen LogP contribution >= 0.6 is 0 Å². The second-order valence-corrected chi connectivity index (χ2v) is 6.42. The van der Waals surface area contributed by atoms with E-state index < -0.39 is 0 Å². The van der Waals surface area contributed by atoms with E-state index in [1.165, 1.54) is 0 Å². The maximum atomic E-state index is 12.9. The molecule has 1 amide bonds. The Bertz CT molecular complexity index is 1120. The average molecular weight is 385 g/mol. The van der Waals surface area contributed by atoms with Gasteiger partial charge in [0.25, 0.3) is 5.91 Å². The first-order valence-electron chi connectivity index (χ1n) is 9.10. The van der Waals surface area contributed by atoms with Crippen molar-refractivity contribution in [3.63, 3.8) is 0 Å². The van der Waals surface area contributed by atoms with E-state index in [0.717, 1.165) is 16.9 Å². The molecule has 1 N–H and O–H groups in total. The number of hydrogen-bond acceptors (Lipinski definition) is 5. The zero-order valence-corrected chi connectivity index (χ0v) is 15.8. The Morgan fingerprint density at radius 1 is 1.00 bits per heavy atom. The molecule has 0 atom stereocenters. The summed E-state index contributed by atoms with van der Waals surface area (Å²) in [4.78, 5) is 12.9. The van der Waals surface area contributed by atoms with Gasteiger partial charge in [0, 0.05) is 29.4 Å². The molecule has 29 heavy (non-hydrogen) atoms.